The molecule has 23 heavy (non-hydrogen) atoms. The third-order valence-corrected chi connectivity index (χ3v) is 4.47. The summed E-state index contributed by atoms with van der Waals surface area (Å²) in [5.41, 5.74) is 1.39. The molecule has 0 radical (unpaired) electrons. The zero-order valence-electron chi connectivity index (χ0n) is 13.3. The second-order valence-corrected chi connectivity index (χ2v) is 6.30. The highest BCUT2D eigenvalue weighted by Crippen LogP contribution is 2.35. The first kappa shape index (κ1) is 16.0. The maximum Gasteiger partial charge on any atom is 0.133 e. The van der Waals surface area contributed by atoms with Gasteiger partial charge in [0.2, 0.25) is 0 Å². The van der Waals surface area contributed by atoms with Gasteiger partial charge in [0.25, 0.3) is 0 Å². The molecule has 0 aromatic heterocycles. The van der Waals surface area contributed by atoms with E-state index in [0.717, 1.165) is 5.56 Å². The Morgan fingerprint density at radius 2 is 2.04 bits per heavy atom. The predicted molar refractivity (Wildman–Crippen MR) is 87.9 cm³/mol. The highest BCUT2D eigenvalue weighted by Gasteiger charge is 2.38. The van der Waals surface area contributed by atoms with E-state index in [1.165, 1.54) is 17.7 Å². The molecule has 3 rings (SSSR count). The van der Waals surface area contributed by atoms with Crippen LogP contribution in [0.25, 0.3) is 0 Å². The molecule has 0 amide bonds. The van der Waals surface area contributed by atoms with Crippen LogP contribution in [0.2, 0.25) is 0 Å². The molecule has 0 saturated carbocycles. The van der Waals surface area contributed by atoms with Crippen molar-refractivity contribution in [3.63, 3.8) is 0 Å². The van der Waals surface area contributed by atoms with E-state index in [4.69, 9.17) is 4.74 Å². The first-order chi connectivity index (χ1) is 11.1. The molecule has 2 aromatic carbocycles. The summed E-state index contributed by atoms with van der Waals surface area (Å²) in [6.07, 6.45) is 0.737. The SMILES string of the molecule is C[C@]1([C@@H](O)CNCc2ccccc2)CCc2cc(F)ccc2O1. The van der Waals surface area contributed by atoms with Crippen LogP contribution < -0.4 is 10.1 Å². The molecule has 122 valence electrons. The number of fused-ring (bicyclic) bond motifs is 1. The molecular weight excluding hydrogens is 293 g/mol. The number of nitrogens with one attached hydrogen (secondary N) is 1. The smallest absolute Gasteiger partial charge is 0.133 e. The van der Waals surface area contributed by atoms with Crippen LogP contribution in [0, 0.1) is 5.82 Å². The summed E-state index contributed by atoms with van der Waals surface area (Å²) in [7, 11) is 0. The Kier molecular flexibility index (Phi) is 4.64. The minimum absolute atomic E-state index is 0.249. The van der Waals surface area contributed by atoms with Gasteiger partial charge < -0.3 is 15.2 Å². The van der Waals surface area contributed by atoms with Gasteiger partial charge in [0.05, 0.1) is 0 Å². The van der Waals surface area contributed by atoms with E-state index in [2.05, 4.69) is 5.32 Å². The van der Waals surface area contributed by atoms with Gasteiger partial charge in [-0.05, 0) is 49.1 Å². The van der Waals surface area contributed by atoms with E-state index in [0.29, 0.717) is 31.7 Å². The van der Waals surface area contributed by atoms with Crippen LogP contribution in [0.1, 0.15) is 24.5 Å². The van der Waals surface area contributed by atoms with Crippen LogP contribution in [0.4, 0.5) is 4.39 Å². The summed E-state index contributed by atoms with van der Waals surface area (Å²) in [5, 5.41) is 13.8. The highest BCUT2D eigenvalue weighted by molar-refractivity contribution is 5.36. The van der Waals surface area contributed by atoms with Crippen molar-refractivity contribution in [2.75, 3.05) is 6.54 Å². The van der Waals surface area contributed by atoms with Crippen molar-refractivity contribution in [1.82, 2.24) is 5.32 Å². The molecule has 1 aliphatic heterocycles. The number of rotatable bonds is 5. The van der Waals surface area contributed by atoms with E-state index in [9.17, 15) is 9.50 Å². The number of aryl methyl sites for hydroxylation is 1. The first-order valence-corrected chi connectivity index (χ1v) is 7.97. The van der Waals surface area contributed by atoms with Crippen molar-refractivity contribution in [2.45, 2.75) is 38.0 Å². The van der Waals surface area contributed by atoms with Crippen LogP contribution >= 0.6 is 0 Å². The fourth-order valence-electron chi connectivity index (χ4n) is 2.93. The van der Waals surface area contributed by atoms with E-state index in [1.807, 2.05) is 37.3 Å². The van der Waals surface area contributed by atoms with Crippen LogP contribution in [-0.2, 0) is 13.0 Å². The van der Waals surface area contributed by atoms with E-state index < -0.39 is 11.7 Å². The number of hydrogen-bond donors (Lipinski definition) is 2. The van der Waals surface area contributed by atoms with Gasteiger partial charge in [0.15, 0.2) is 0 Å². The van der Waals surface area contributed by atoms with Gasteiger partial charge in [-0.1, -0.05) is 30.3 Å². The average molecular weight is 315 g/mol. The lowest BCUT2D eigenvalue weighted by atomic mass is 9.88. The summed E-state index contributed by atoms with van der Waals surface area (Å²) in [5.74, 6) is 0.420. The van der Waals surface area contributed by atoms with Gasteiger partial charge in [0, 0.05) is 13.1 Å². The molecule has 2 atom stereocenters. The Hall–Kier alpha value is -1.91. The Morgan fingerprint density at radius 3 is 2.83 bits per heavy atom. The number of aliphatic hydroxyl groups excluding tert-OH is 1. The van der Waals surface area contributed by atoms with Crippen LogP contribution in [-0.4, -0.2) is 23.4 Å². The normalized spacial score (nSPS) is 21.3. The molecule has 1 aliphatic rings. The van der Waals surface area contributed by atoms with Crippen LogP contribution in [0.3, 0.4) is 0 Å². The molecule has 0 fully saturated rings. The molecule has 0 unspecified atom stereocenters. The van der Waals surface area contributed by atoms with Gasteiger partial charge >= 0.3 is 0 Å². The summed E-state index contributed by atoms with van der Waals surface area (Å²) < 4.78 is 19.2. The number of halogens is 1. The lowest BCUT2D eigenvalue weighted by Gasteiger charge is -2.39. The van der Waals surface area contributed by atoms with Crippen LogP contribution in [0.5, 0.6) is 5.75 Å². The molecule has 3 nitrogen and oxygen atoms in total. The molecule has 0 aliphatic carbocycles. The third kappa shape index (κ3) is 3.71. The molecule has 0 bridgehead atoms. The third-order valence-electron chi connectivity index (χ3n) is 4.47. The fourth-order valence-corrected chi connectivity index (χ4v) is 2.93. The number of hydrogen-bond acceptors (Lipinski definition) is 3. The van der Waals surface area contributed by atoms with Crippen molar-refractivity contribution in [3.05, 3.63) is 65.5 Å². The molecule has 0 saturated heterocycles. The molecule has 2 N–H and O–H groups in total. The Labute approximate surface area is 136 Å². The maximum atomic E-state index is 13.3. The monoisotopic (exact) mass is 315 g/mol. The van der Waals surface area contributed by atoms with Gasteiger partial charge in [-0.3, -0.25) is 0 Å². The first-order valence-electron chi connectivity index (χ1n) is 7.97. The quantitative estimate of drug-likeness (QED) is 0.891. The fraction of sp³-hybridized carbons (Fsp3) is 0.368. The minimum Gasteiger partial charge on any atom is -0.485 e. The second kappa shape index (κ2) is 6.69. The molecule has 2 aromatic rings. The Balaban J connectivity index is 1.58. The number of aliphatic hydroxyl groups is 1. The molecule has 1 heterocycles. The average Bonchev–Trinajstić information content (AvgIpc) is 2.56. The predicted octanol–water partition coefficient (Wildman–Crippen LogP) is 3.06. The zero-order chi connectivity index (χ0) is 16.3. The number of ether oxygens (including phenoxy) is 1. The van der Waals surface area contributed by atoms with E-state index in [-0.39, 0.29) is 5.82 Å². The zero-order valence-corrected chi connectivity index (χ0v) is 13.3. The van der Waals surface area contributed by atoms with Crippen molar-refractivity contribution in [1.29, 1.82) is 0 Å². The molecular formula is C19H22FNO2. The van der Waals surface area contributed by atoms with E-state index in [1.54, 1.807) is 6.07 Å². The largest absolute Gasteiger partial charge is 0.485 e. The number of benzene rings is 2. The summed E-state index contributed by atoms with van der Waals surface area (Å²) in [6.45, 7) is 3.06. The lowest BCUT2D eigenvalue weighted by molar-refractivity contribution is -0.0532. The second-order valence-electron chi connectivity index (χ2n) is 6.30. The van der Waals surface area contributed by atoms with Gasteiger partial charge in [0.1, 0.15) is 23.3 Å². The van der Waals surface area contributed by atoms with Gasteiger partial charge in [-0.25, -0.2) is 4.39 Å². The summed E-state index contributed by atoms with van der Waals surface area (Å²) >= 11 is 0. The van der Waals surface area contributed by atoms with Gasteiger partial charge in [-0.2, -0.15) is 0 Å². The van der Waals surface area contributed by atoms with Crippen molar-refractivity contribution >= 4 is 0 Å². The van der Waals surface area contributed by atoms with Gasteiger partial charge in [-0.15, -0.1) is 0 Å². The lowest BCUT2D eigenvalue weighted by Crippen LogP contribution is -2.51. The Bertz CT molecular complexity index is 662. The molecule has 4 heteroatoms. The summed E-state index contributed by atoms with van der Waals surface area (Å²) in [6, 6.07) is 14.6. The van der Waals surface area contributed by atoms with Crippen molar-refractivity contribution in [2.24, 2.45) is 0 Å². The van der Waals surface area contributed by atoms with E-state index >= 15 is 0 Å². The maximum absolute atomic E-state index is 13.3. The van der Waals surface area contributed by atoms with Crippen molar-refractivity contribution in [3.8, 4) is 5.75 Å². The molecule has 0 spiro atoms. The topological polar surface area (TPSA) is 41.5 Å². The highest BCUT2D eigenvalue weighted by atomic mass is 19.1. The minimum atomic E-state index is -0.658. The van der Waals surface area contributed by atoms with Crippen LogP contribution in [0.15, 0.2) is 48.5 Å². The van der Waals surface area contributed by atoms with Crippen molar-refractivity contribution < 1.29 is 14.2 Å². The summed E-state index contributed by atoms with van der Waals surface area (Å²) in [4.78, 5) is 0. The Morgan fingerprint density at radius 1 is 1.26 bits per heavy atom. The standard InChI is InChI=1S/C19H22FNO2/c1-19(10-9-15-11-16(20)7-8-17(15)23-19)18(22)13-21-12-14-5-3-2-4-6-14/h2-8,11,18,21-22H,9-10,12-13H2,1H3/t18-,19+/m0/s1.